The number of nitriles is 1. The van der Waals surface area contributed by atoms with Crippen LogP contribution in [-0.2, 0) is 11.2 Å². The Labute approximate surface area is 144 Å². The first-order chi connectivity index (χ1) is 11.6. The lowest BCUT2D eigenvalue weighted by Crippen LogP contribution is -2.42. The van der Waals surface area contributed by atoms with Crippen molar-refractivity contribution in [3.05, 3.63) is 34.4 Å². The van der Waals surface area contributed by atoms with Gasteiger partial charge in [-0.05, 0) is 74.0 Å². The minimum Gasteiger partial charge on any atom is -0.299 e. The molecule has 4 atom stereocenters. The highest BCUT2D eigenvalue weighted by atomic mass is 16.1. The Hall–Kier alpha value is -2.06. The molecular formula is C22H23NO. The minimum absolute atomic E-state index is 0.0790. The Morgan fingerprint density at radius 1 is 1.21 bits per heavy atom. The number of hydrogen-bond acceptors (Lipinski definition) is 2. The monoisotopic (exact) mass is 317 g/mol. The Morgan fingerprint density at radius 2 is 2.04 bits per heavy atom. The third-order valence-electron chi connectivity index (χ3n) is 6.99. The molecule has 4 rings (SSSR count). The summed E-state index contributed by atoms with van der Waals surface area (Å²) in [6.45, 7) is 4.02. The number of carbonyl (C=O) groups excluding carboxylic acids is 1. The maximum atomic E-state index is 12.4. The smallest absolute Gasteiger partial charge is 0.139 e. The van der Waals surface area contributed by atoms with Gasteiger partial charge in [0, 0.05) is 17.4 Å². The first kappa shape index (κ1) is 15.5. The molecule has 0 heterocycles. The van der Waals surface area contributed by atoms with Crippen LogP contribution in [-0.4, -0.2) is 5.78 Å². The highest BCUT2D eigenvalue weighted by Gasteiger charge is 2.54. The van der Waals surface area contributed by atoms with Crippen molar-refractivity contribution in [1.29, 1.82) is 5.26 Å². The van der Waals surface area contributed by atoms with Crippen LogP contribution < -0.4 is 0 Å². The molecule has 2 saturated carbocycles. The summed E-state index contributed by atoms with van der Waals surface area (Å²) in [6, 6.07) is 6.65. The van der Waals surface area contributed by atoms with E-state index in [-0.39, 0.29) is 5.41 Å². The maximum absolute atomic E-state index is 12.4. The topological polar surface area (TPSA) is 40.9 Å². The number of ketones is 1. The van der Waals surface area contributed by atoms with Crippen LogP contribution in [0.15, 0.2) is 12.1 Å². The van der Waals surface area contributed by atoms with Crippen LogP contribution in [0.1, 0.15) is 74.1 Å². The zero-order valence-electron chi connectivity index (χ0n) is 14.5. The Kier molecular flexibility index (Phi) is 3.54. The summed E-state index contributed by atoms with van der Waals surface area (Å²) < 4.78 is 0. The molecule has 1 aromatic rings. The molecule has 122 valence electrons. The van der Waals surface area contributed by atoms with Gasteiger partial charge in [-0.15, -0.1) is 5.92 Å². The van der Waals surface area contributed by atoms with E-state index in [9.17, 15) is 10.1 Å². The van der Waals surface area contributed by atoms with Gasteiger partial charge in [-0.2, -0.15) is 5.26 Å². The molecule has 3 aliphatic carbocycles. The van der Waals surface area contributed by atoms with Gasteiger partial charge in [0.15, 0.2) is 0 Å². The number of hydrogen-bond donors (Lipinski definition) is 0. The van der Waals surface area contributed by atoms with Crippen molar-refractivity contribution in [2.24, 2.45) is 17.3 Å². The summed E-state index contributed by atoms with van der Waals surface area (Å²) in [6.07, 6.45) is 6.00. The highest BCUT2D eigenvalue weighted by molar-refractivity contribution is 5.87. The van der Waals surface area contributed by atoms with Crippen LogP contribution in [0.5, 0.6) is 0 Å². The molecule has 0 spiro atoms. The zero-order valence-corrected chi connectivity index (χ0v) is 14.5. The largest absolute Gasteiger partial charge is 0.299 e. The van der Waals surface area contributed by atoms with Gasteiger partial charge in [0.05, 0.1) is 5.56 Å². The molecule has 0 amide bonds. The lowest BCUT2D eigenvalue weighted by Gasteiger charge is -2.48. The SMILES string of the molecule is CC#Cc1ccc2c(c1C#N)CCC1C2CC[C@]2(C)C(=O)CCC12. The van der Waals surface area contributed by atoms with E-state index < -0.39 is 0 Å². The number of benzene rings is 1. The van der Waals surface area contributed by atoms with Gasteiger partial charge >= 0.3 is 0 Å². The number of rotatable bonds is 0. The van der Waals surface area contributed by atoms with E-state index in [1.807, 2.05) is 13.0 Å². The van der Waals surface area contributed by atoms with Crippen molar-refractivity contribution in [2.75, 3.05) is 0 Å². The van der Waals surface area contributed by atoms with E-state index in [0.717, 1.165) is 49.7 Å². The van der Waals surface area contributed by atoms with Crippen LogP contribution >= 0.6 is 0 Å². The predicted octanol–water partition coefficient (Wildman–Crippen LogP) is 4.35. The summed E-state index contributed by atoms with van der Waals surface area (Å²) in [5.74, 6) is 8.16. The second-order valence-electron chi connectivity index (χ2n) is 7.88. The number of Topliss-reactive ketones (excluding diaryl/α,β-unsaturated/α-hetero) is 1. The molecule has 0 aliphatic heterocycles. The van der Waals surface area contributed by atoms with Crippen molar-refractivity contribution < 1.29 is 4.79 Å². The first-order valence-electron chi connectivity index (χ1n) is 9.12. The molecule has 0 bridgehead atoms. The fraction of sp³-hybridized carbons (Fsp3) is 0.545. The van der Waals surface area contributed by atoms with Gasteiger partial charge in [-0.3, -0.25) is 4.79 Å². The summed E-state index contributed by atoms with van der Waals surface area (Å²) >= 11 is 0. The van der Waals surface area contributed by atoms with Gasteiger partial charge in [0.2, 0.25) is 0 Å². The second-order valence-corrected chi connectivity index (χ2v) is 7.88. The standard InChI is InChI=1S/C22H23NO/c1-3-4-14-5-6-15-16(19(14)13-23)7-8-18-17(15)11-12-22(2)20(18)9-10-21(22)24/h5-6,17-18,20H,7-12H2,1-2H3/t17?,18?,20?,22-/m0/s1. The fourth-order valence-electron chi connectivity index (χ4n) is 5.81. The molecule has 1 aromatic carbocycles. The average molecular weight is 317 g/mol. The van der Waals surface area contributed by atoms with E-state index in [4.69, 9.17) is 0 Å². The summed E-state index contributed by atoms with van der Waals surface area (Å²) in [4.78, 5) is 12.4. The van der Waals surface area contributed by atoms with Crippen molar-refractivity contribution in [3.63, 3.8) is 0 Å². The normalized spacial score (nSPS) is 33.5. The Morgan fingerprint density at radius 3 is 2.79 bits per heavy atom. The maximum Gasteiger partial charge on any atom is 0.139 e. The number of carbonyl (C=O) groups is 1. The molecular weight excluding hydrogens is 294 g/mol. The van der Waals surface area contributed by atoms with E-state index in [0.29, 0.717) is 23.5 Å². The van der Waals surface area contributed by atoms with Crippen LogP contribution in [0.3, 0.4) is 0 Å². The van der Waals surface area contributed by atoms with Crippen molar-refractivity contribution in [1.82, 2.24) is 0 Å². The van der Waals surface area contributed by atoms with Crippen LogP contribution in [0.4, 0.5) is 0 Å². The van der Waals surface area contributed by atoms with Gasteiger partial charge in [0.1, 0.15) is 11.9 Å². The van der Waals surface area contributed by atoms with Crippen molar-refractivity contribution >= 4 is 5.78 Å². The molecule has 3 aliphatic rings. The van der Waals surface area contributed by atoms with E-state index in [1.165, 1.54) is 11.1 Å². The molecule has 0 N–H and O–H groups in total. The van der Waals surface area contributed by atoms with Crippen molar-refractivity contribution in [3.8, 4) is 17.9 Å². The van der Waals surface area contributed by atoms with Gasteiger partial charge < -0.3 is 0 Å². The molecule has 0 radical (unpaired) electrons. The summed E-state index contributed by atoms with van der Waals surface area (Å²) in [7, 11) is 0. The summed E-state index contributed by atoms with van der Waals surface area (Å²) in [5.41, 5.74) is 4.17. The van der Waals surface area contributed by atoms with E-state index >= 15 is 0 Å². The van der Waals surface area contributed by atoms with Crippen LogP contribution in [0.2, 0.25) is 0 Å². The molecule has 2 nitrogen and oxygen atoms in total. The van der Waals surface area contributed by atoms with Crippen molar-refractivity contribution in [2.45, 2.75) is 58.3 Å². The Bertz CT molecular complexity index is 819. The number of fused-ring (bicyclic) bond motifs is 5. The lowest BCUT2D eigenvalue weighted by atomic mass is 9.55. The van der Waals surface area contributed by atoms with Crippen LogP contribution in [0, 0.1) is 40.4 Å². The average Bonchev–Trinajstić information content (AvgIpc) is 2.90. The molecule has 0 aromatic heterocycles. The van der Waals surface area contributed by atoms with Crippen LogP contribution in [0.25, 0.3) is 0 Å². The molecule has 0 saturated heterocycles. The molecule has 2 fully saturated rings. The van der Waals surface area contributed by atoms with Gasteiger partial charge in [-0.25, -0.2) is 0 Å². The van der Waals surface area contributed by atoms with Gasteiger partial charge in [-0.1, -0.05) is 18.9 Å². The molecule has 2 heteroatoms. The lowest BCUT2D eigenvalue weighted by molar-refractivity contribution is -0.129. The molecule has 24 heavy (non-hydrogen) atoms. The fourth-order valence-corrected chi connectivity index (χ4v) is 5.81. The Balaban J connectivity index is 1.77. The summed E-state index contributed by atoms with van der Waals surface area (Å²) in [5, 5.41) is 9.66. The minimum atomic E-state index is -0.0790. The highest BCUT2D eigenvalue weighted by Crippen LogP contribution is 2.59. The van der Waals surface area contributed by atoms with Gasteiger partial charge in [0.25, 0.3) is 0 Å². The second kappa shape index (κ2) is 5.49. The van der Waals surface area contributed by atoms with E-state index in [2.05, 4.69) is 30.9 Å². The predicted molar refractivity (Wildman–Crippen MR) is 93.3 cm³/mol. The molecule has 3 unspecified atom stereocenters. The third-order valence-corrected chi connectivity index (χ3v) is 6.99. The number of nitrogens with zero attached hydrogens (tertiary/aromatic N) is 1. The first-order valence-corrected chi connectivity index (χ1v) is 9.12. The quantitative estimate of drug-likeness (QED) is 0.667. The zero-order chi connectivity index (χ0) is 16.9. The third kappa shape index (κ3) is 1.99. The van der Waals surface area contributed by atoms with E-state index in [1.54, 1.807) is 0 Å².